The minimum Gasteiger partial charge on any atom is -0.478 e. The highest BCUT2D eigenvalue weighted by molar-refractivity contribution is 5.90. The summed E-state index contributed by atoms with van der Waals surface area (Å²) in [6.07, 6.45) is 1.36. The Kier molecular flexibility index (Phi) is 2.32. The molecule has 1 aliphatic rings. The van der Waals surface area contributed by atoms with E-state index in [1.165, 1.54) is 11.1 Å². The SMILES string of the molecule is CCN1C=C(C(=O)O)CNC1=O. The van der Waals surface area contributed by atoms with Gasteiger partial charge in [-0.05, 0) is 6.92 Å². The molecule has 12 heavy (non-hydrogen) atoms. The van der Waals surface area contributed by atoms with Crippen molar-refractivity contribution in [3.63, 3.8) is 0 Å². The molecule has 1 aliphatic heterocycles. The molecule has 0 atom stereocenters. The number of nitrogens with one attached hydrogen (secondary N) is 1. The summed E-state index contributed by atoms with van der Waals surface area (Å²) in [6.45, 7) is 2.36. The van der Waals surface area contributed by atoms with E-state index in [9.17, 15) is 9.59 Å². The molecular formula is C7H10N2O3. The number of carboxylic acid groups (broad SMARTS) is 1. The van der Waals surface area contributed by atoms with Crippen LogP contribution in [0.5, 0.6) is 0 Å². The maximum Gasteiger partial charge on any atom is 0.334 e. The van der Waals surface area contributed by atoms with Gasteiger partial charge in [0, 0.05) is 12.7 Å². The Hall–Kier alpha value is -1.52. The molecular weight excluding hydrogens is 160 g/mol. The van der Waals surface area contributed by atoms with Crippen molar-refractivity contribution in [2.24, 2.45) is 0 Å². The second-order valence-electron chi connectivity index (χ2n) is 2.40. The molecule has 5 nitrogen and oxygen atoms in total. The van der Waals surface area contributed by atoms with Gasteiger partial charge in [-0.2, -0.15) is 0 Å². The standard InChI is InChI=1S/C7H10N2O3/c1-2-9-4-5(6(10)11)3-8-7(9)12/h4H,2-3H2,1H3,(H,8,12)(H,10,11). The minimum atomic E-state index is -0.992. The van der Waals surface area contributed by atoms with Crippen LogP contribution >= 0.6 is 0 Å². The maximum atomic E-state index is 11.0. The smallest absolute Gasteiger partial charge is 0.334 e. The van der Waals surface area contributed by atoms with Crippen molar-refractivity contribution in [1.82, 2.24) is 10.2 Å². The van der Waals surface area contributed by atoms with Crippen LogP contribution < -0.4 is 5.32 Å². The molecule has 0 aliphatic carbocycles. The third-order valence-corrected chi connectivity index (χ3v) is 1.62. The summed E-state index contributed by atoms with van der Waals surface area (Å²) in [5.41, 5.74) is 0.205. The molecule has 0 saturated heterocycles. The van der Waals surface area contributed by atoms with Crippen molar-refractivity contribution in [1.29, 1.82) is 0 Å². The molecule has 1 rings (SSSR count). The highest BCUT2D eigenvalue weighted by Gasteiger charge is 2.19. The first-order valence-electron chi connectivity index (χ1n) is 3.63. The van der Waals surface area contributed by atoms with E-state index in [2.05, 4.69) is 5.32 Å². The molecule has 1 heterocycles. The van der Waals surface area contributed by atoms with Crippen molar-refractivity contribution in [3.8, 4) is 0 Å². The average molecular weight is 170 g/mol. The number of hydrogen-bond acceptors (Lipinski definition) is 2. The zero-order valence-corrected chi connectivity index (χ0v) is 6.70. The van der Waals surface area contributed by atoms with Gasteiger partial charge in [-0.25, -0.2) is 9.59 Å². The highest BCUT2D eigenvalue weighted by atomic mass is 16.4. The summed E-state index contributed by atoms with van der Waals surface area (Å²) in [5.74, 6) is -0.992. The fraction of sp³-hybridized carbons (Fsp3) is 0.429. The van der Waals surface area contributed by atoms with Crippen LogP contribution in [0.2, 0.25) is 0 Å². The normalized spacial score (nSPS) is 16.9. The summed E-state index contributed by atoms with van der Waals surface area (Å²) >= 11 is 0. The van der Waals surface area contributed by atoms with Crippen LogP contribution in [0.4, 0.5) is 4.79 Å². The fourth-order valence-corrected chi connectivity index (χ4v) is 0.930. The molecule has 0 spiro atoms. The number of carbonyl (C=O) groups is 2. The zero-order chi connectivity index (χ0) is 9.14. The third-order valence-electron chi connectivity index (χ3n) is 1.62. The second-order valence-corrected chi connectivity index (χ2v) is 2.40. The Bertz CT molecular complexity index is 247. The van der Waals surface area contributed by atoms with Gasteiger partial charge in [-0.15, -0.1) is 0 Å². The molecule has 0 aromatic rings. The number of hydrogen-bond donors (Lipinski definition) is 2. The van der Waals surface area contributed by atoms with E-state index in [0.29, 0.717) is 6.54 Å². The number of rotatable bonds is 2. The first kappa shape index (κ1) is 8.58. The first-order chi connectivity index (χ1) is 5.65. The van der Waals surface area contributed by atoms with Gasteiger partial charge in [0.2, 0.25) is 0 Å². The Morgan fingerprint density at radius 1 is 1.83 bits per heavy atom. The number of urea groups is 1. The molecule has 2 N–H and O–H groups in total. The van der Waals surface area contributed by atoms with E-state index in [0.717, 1.165) is 0 Å². The van der Waals surface area contributed by atoms with E-state index in [1.54, 1.807) is 6.92 Å². The van der Waals surface area contributed by atoms with E-state index >= 15 is 0 Å². The van der Waals surface area contributed by atoms with E-state index in [1.807, 2.05) is 0 Å². The summed E-state index contributed by atoms with van der Waals surface area (Å²) in [4.78, 5) is 22.8. The maximum absolute atomic E-state index is 11.0. The Morgan fingerprint density at radius 2 is 2.50 bits per heavy atom. The molecule has 0 bridgehead atoms. The Balaban J connectivity index is 2.80. The molecule has 0 unspecified atom stereocenters. The first-order valence-corrected chi connectivity index (χ1v) is 3.63. The van der Waals surface area contributed by atoms with Crippen LogP contribution in [0.25, 0.3) is 0 Å². The van der Waals surface area contributed by atoms with Crippen LogP contribution in [0.1, 0.15) is 6.92 Å². The predicted molar refractivity (Wildman–Crippen MR) is 41.5 cm³/mol. The highest BCUT2D eigenvalue weighted by Crippen LogP contribution is 2.04. The largest absolute Gasteiger partial charge is 0.478 e. The molecule has 0 saturated carbocycles. The van der Waals surface area contributed by atoms with Gasteiger partial charge in [0.25, 0.3) is 0 Å². The molecule has 2 amide bonds. The van der Waals surface area contributed by atoms with Gasteiger partial charge in [-0.3, -0.25) is 0 Å². The molecule has 0 fully saturated rings. The van der Waals surface area contributed by atoms with Gasteiger partial charge in [0.15, 0.2) is 0 Å². The quantitative estimate of drug-likeness (QED) is 0.612. The number of aliphatic carboxylic acids is 1. The van der Waals surface area contributed by atoms with Gasteiger partial charge in [-0.1, -0.05) is 0 Å². The summed E-state index contributed by atoms with van der Waals surface area (Å²) < 4.78 is 0. The lowest BCUT2D eigenvalue weighted by atomic mass is 10.2. The van der Waals surface area contributed by atoms with Crippen molar-refractivity contribution < 1.29 is 14.7 Å². The molecule has 0 radical (unpaired) electrons. The van der Waals surface area contributed by atoms with Crippen LogP contribution in [-0.4, -0.2) is 35.1 Å². The van der Waals surface area contributed by atoms with E-state index in [4.69, 9.17) is 5.11 Å². The second kappa shape index (κ2) is 3.25. The van der Waals surface area contributed by atoms with Crippen LogP contribution in [0.15, 0.2) is 11.8 Å². The van der Waals surface area contributed by atoms with Crippen LogP contribution in [0, 0.1) is 0 Å². The van der Waals surface area contributed by atoms with Gasteiger partial charge in [0.1, 0.15) is 0 Å². The number of carbonyl (C=O) groups excluding carboxylic acids is 1. The summed E-state index contributed by atoms with van der Waals surface area (Å²) in [6, 6.07) is -0.248. The number of amides is 2. The van der Waals surface area contributed by atoms with Crippen LogP contribution in [-0.2, 0) is 4.79 Å². The van der Waals surface area contributed by atoms with Crippen molar-refractivity contribution in [2.75, 3.05) is 13.1 Å². The fourth-order valence-electron chi connectivity index (χ4n) is 0.930. The van der Waals surface area contributed by atoms with Crippen molar-refractivity contribution in [2.45, 2.75) is 6.92 Å². The lowest BCUT2D eigenvalue weighted by Gasteiger charge is -2.22. The third kappa shape index (κ3) is 1.55. The molecule has 0 aromatic carbocycles. The topological polar surface area (TPSA) is 69.6 Å². The summed E-state index contributed by atoms with van der Waals surface area (Å²) in [7, 11) is 0. The van der Waals surface area contributed by atoms with Crippen molar-refractivity contribution in [3.05, 3.63) is 11.8 Å². The lowest BCUT2D eigenvalue weighted by Crippen LogP contribution is -2.43. The predicted octanol–water partition coefficient (Wildman–Crippen LogP) is 0. The minimum absolute atomic E-state index is 0.102. The summed E-state index contributed by atoms with van der Waals surface area (Å²) in [5, 5.41) is 11.0. The number of nitrogens with zero attached hydrogens (tertiary/aromatic N) is 1. The van der Waals surface area contributed by atoms with Crippen molar-refractivity contribution >= 4 is 12.0 Å². The van der Waals surface area contributed by atoms with Crippen LogP contribution in [0.3, 0.4) is 0 Å². The molecule has 0 aromatic heterocycles. The van der Waals surface area contributed by atoms with E-state index in [-0.39, 0.29) is 18.1 Å². The Morgan fingerprint density at radius 3 is 3.00 bits per heavy atom. The lowest BCUT2D eigenvalue weighted by molar-refractivity contribution is -0.132. The number of carboxylic acids is 1. The van der Waals surface area contributed by atoms with Gasteiger partial charge in [0.05, 0.1) is 12.1 Å². The average Bonchev–Trinajstić information content (AvgIpc) is 2.05. The monoisotopic (exact) mass is 170 g/mol. The Labute approximate surface area is 69.7 Å². The molecule has 66 valence electrons. The zero-order valence-electron chi connectivity index (χ0n) is 6.70. The van der Waals surface area contributed by atoms with Gasteiger partial charge >= 0.3 is 12.0 Å². The van der Waals surface area contributed by atoms with Gasteiger partial charge < -0.3 is 15.3 Å². The van der Waals surface area contributed by atoms with E-state index < -0.39 is 5.97 Å². The molecule has 5 heteroatoms.